The zero-order chi connectivity index (χ0) is 14.2. The van der Waals surface area contributed by atoms with Crippen LogP contribution in [-0.2, 0) is 0 Å². The second kappa shape index (κ2) is 5.26. The molecule has 1 saturated carbocycles. The summed E-state index contributed by atoms with van der Waals surface area (Å²) in [7, 11) is 0. The lowest BCUT2D eigenvalue weighted by Gasteiger charge is -2.30. The summed E-state index contributed by atoms with van der Waals surface area (Å²) in [6, 6.07) is 3.81. The number of hydrogen-bond donors (Lipinski definition) is 0. The fourth-order valence-corrected chi connectivity index (χ4v) is 3.50. The fourth-order valence-electron chi connectivity index (χ4n) is 2.81. The molecule has 6 heteroatoms. The highest BCUT2D eigenvalue weighted by Gasteiger charge is 2.32. The molecule has 0 radical (unpaired) electrons. The topological polar surface area (TPSA) is 59.2 Å². The van der Waals surface area contributed by atoms with Gasteiger partial charge in [-0.3, -0.25) is 4.79 Å². The fraction of sp³-hybridized carbons (Fsp3) is 0.533. The maximum absolute atomic E-state index is 12.3. The maximum atomic E-state index is 12.3. The minimum absolute atomic E-state index is 0.146. The largest absolute Gasteiger partial charge is 0.339 e. The van der Waals surface area contributed by atoms with E-state index in [0.29, 0.717) is 11.8 Å². The number of nitrogens with zero attached hydrogens (tertiary/aromatic N) is 3. The number of likely N-dealkylation sites (tertiary alicyclic amines) is 1. The van der Waals surface area contributed by atoms with Gasteiger partial charge in [-0.15, -0.1) is 11.3 Å². The summed E-state index contributed by atoms with van der Waals surface area (Å²) in [5, 5.41) is 6.03. The van der Waals surface area contributed by atoms with E-state index in [-0.39, 0.29) is 5.91 Å². The van der Waals surface area contributed by atoms with Crippen LogP contribution < -0.4 is 0 Å². The molecule has 5 nitrogen and oxygen atoms in total. The monoisotopic (exact) mass is 303 g/mol. The molecule has 0 atom stereocenters. The molecule has 0 spiro atoms. The Balaban J connectivity index is 1.38. The van der Waals surface area contributed by atoms with Crippen LogP contribution in [0, 0.1) is 0 Å². The van der Waals surface area contributed by atoms with E-state index in [4.69, 9.17) is 4.52 Å². The Kier molecular flexibility index (Phi) is 3.25. The molecule has 2 fully saturated rings. The van der Waals surface area contributed by atoms with Crippen molar-refractivity contribution in [3.8, 4) is 0 Å². The molecule has 0 unspecified atom stereocenters. The van der Waals surface area contributed by atoms with E-state index in [1.807, 2.05) is 22.4 Å². The molecule has 2 aromatic rings. The smallest absolute Gasteiger partial charge is 0.263 e. The average Bonchev–Trinajstić information content (AvgIpc) is 3.05. The number of carbonyl (C=O) groups excluding carboxylic acids is 1. The number of thiophene rings is 1. The number of hydrogen-bond acceptors (Lipinski definition) is 5. The molecule has 2 aliphatic rings. The summed E-state index contributed by atoms with van der Waals surface area (Å²) in [5.74, 6) is 2.62. The summed E-state index contributed by atoms with van der Waals surface area (Å²) in [6.45, 7) is 1.53. The first-order valence-corrected chi connectivity index (χ1v) is 8.35. The lowest BCUT2D eigenvalue weighted by atomic mass is 9.96. The standard InChI is InChI=1S/C15H17N3O2S/c19-15(12-2-1-9-21-12)18-7-5-11(6-8-18)14-16-13(17-20-14)10-3-4-10/h1-2,9-11H,3-8H2. The van der Waals surface area contributed by atoms with Crippen LogP contribution in [0.15, 0.2) is 22.0 Å². The van der Waals surface area contributed by atoms with E-state index in [2.05, 4.69) is 10.1 Å². The van der Waals surface area contributed by atoms with Crippen molar-refractivity contribution in [3.63, 3.8) is 0 Å². The van der Waals surface area contributed by atoms with Gasteiger partial charge in [-0.05, 0) is 37.1 Å². The number of rotatable bonds is 3. The first kappa shape index (κ1) is 13.0. The van der Waals surface area contributed by atoms with Gasteiger partial charge in [-0.25, -0.2) is 0 Å². The van der Waals surface area contributed by atoms with Crippen molar-refractivity contribution in [2.75, 3.05) is 13.1 Å². The van der Waals surface area contributed by atoms with E-state index in [1.54, 1.807) is 0 Å². The molecule has 4 rings (SSSR count). The molecule has 1 saturated heterocycles. The molecule has 1 aliphatic heterocycles. The van der Waals surface area contributed by atoms with Crippen molar-refractivity contribution in [2.24, 2.45) is 0 Å². The van der Waals surface area contributed by atoms with Crippen LogP contribution in [0.4, 0.5) is 0 Å². The average molecular weight is 303 g/mol. The van der Waals surface area contributed by atoms with Crippen molar-refractivity contribution in [1.82, 2.24) is 15.0 Å². The quantitative estimate of drug-likeness (QED) is 0.874. The Morgan fingerprint density at radius 2 is 2.05 bits per heavy atom. The molecule has 110 valence electrons. The van der Waals surface area contributed by atoms with Gasteiger partial charge in [0.1, 0.15) is 0 Å². The highest BCUT2D eigenvalue weighted by molar-refractivity contribution is 7.12. The van der Waals surface area contributed by atoms with Gasteiger partial charge in [0.25, 0.3) is 5.91 Å². The van der Waals surface area contributed by atoms with Crippen molar-refractivity contribution in [3.05, 3.63) is 34.1 Å². The molecule has 0 N–H and O–H groups in total. The van der Waals surface area contributed by atoms with E-state index >= 15 is 0 Å². The molecule has 1 aliphatic carbocycles. The number of aromatic nitrogens is 2. The predicted molar refractivity (Wildman–Crippen MR) is 78.5 cm³/mol. The van der Waals surface area contributed by atoms with E-state index in [0.717, 1.165) is 42.5 Å². The molecule has 0 bridgehead atoms. The highest BCUT2D eigenvalue weighted by atomic mass is 32.1. The van der Waals surface area contributed by atoms with Crippen LogP contribution in [0.5, 0.6) is 0 Å². The zero-order valence-electron chi connectivity index (χ0n) is 11.7. The Hall–Kier alpha value is -1.69. The molecular weight excluding hydrogens is 286 g/mol. The Labute approximate surface area is 127 Å². The first-order chi connectivity index (χ1) is 10.3. The Morgan fingerprint density at radius 1 is 1.24 bits per heavy atom. The zero-order valence-corrected chi connectivity index (χ0v) is 12.5. The lowest BCUT2D eigenvalue weighted by molar-refractivity contribution is 0.0709. The van der Waals surface area contributed by atoms with E-state index < -0.39 is 0 Å². The van der Waals surface area contributed by atoms with Crippen molar-refractivity contribution in [2.45, 2.75) is 37.5 Å². The normalized spacial score (nSPS) is 19.9. The van der Waals surface area contributed by atoms with Crippen LogP contribution in [0.3, 0.4) is 0 Å². The minimum atomic E-state index is 0.146. The van der Waals surface area contributed by atoms with Gasteiger partial charge in [-0.1, -0.05) is 11.2 Å². The third-order valence-electron chi connectivity index (χ3n) is 4.26. The summed E-state index contributed by atoms with van der Waals surface area (Å²) in [5.41, 5.74) is 0. The lowest BCUT2D eigenvalue weighted by Crippen LogP contribution is -2.37. The molecule has 21 heavy (non-hydrogen) atoms. The summed E-state index contributed by atoms with van der Waals surface area (Å²) < 4.78 is 5.41. The van der Waals surface area contributed by atoms with Crippen LogP contribution in [0.25, 0.3) is 0 Å². The molecular formula is C15H17N3O2S. The SMILES string of the molecule is O=C(c1cccs1)N1CCC(c2nc(C3CC3)no2)CC1. The third kappa shape index (κ3) is 2.60. The molecule has 0 aromatic carbocycles. The first-order valence-electron chi connectivity index (χ1n) is 7.47. The molecule has 3 heterocycles. The highest BCUT2D eigenvalue weighted by Crippen LogP contribution is 2.39. The van der Waals surface area contributed by atoms with E-state index in [9.17, 15) is 4.79 Å². The van der Waals surface area contributed by atoms with E-state index in [1.165, 1.54) is 24.2 Å². The van der Waals surface area contributed by atoms with Gasteiger partial charge in [0, 0.05) is 24.9 Å². The third-order valence-corrected chi connectivity index (χ3v) is 5.12. The van der Waals surface area contributed by atoms with Gasteiger partial charge in [0.05, 0.1) is 4.88 Å². The van der Waals surface area contributed by atoms with Crippen molar-refractivity contribution < 1.29 is 9.32 Å². The van der Waals surface area contributed by atoms with Crippen molar-refractivity contribution >= 4 is 17.2 Å². The minimum Gasteiger partial charge on any atom is -0.339 e. The van der Waals surface area contributed by atoms with Gasteiger partial charge in [-0.2, -0.15) is 4.98 Å². The van der Waals surface area contributed by atoms with Crippen LogP contribution in [-0.4, -0.2) is 34.0 Å². The predicted octanol–water partition coefficient (Wildman–Crippen LogP) is 3.03. The van der Waals surface area contributed by atoms with Crippen molar-refractivity contribution in [1.29, 1.82) is 0 Å². The Bertz CT molecular complexity index is 625. The maximum Gasteiger partial charge on any atom is 0.263 e. The van der Waals surface area contributed by atoms with Gasteiger partial charge >= 0.3 is 0 Å². The second-order valence-electron chi connectivity index (χ2n) is 5.81. The van der Waals surface area contributed by atoms with Gasteiger partial charge in [0.15, 0.2) is 5.82 Å². The number of carbonyl (C=O) groups is 1. The number of piperidine rings is 1. The van der Waals surface area contributed by atoms with Gasteiger partial charge < -0.3 is 9.42 Å². The van der Waals surface area contributed by atoms with Crippen LogP contribution >= 0.6 is 11.3 Å². The molecule has 1 amide bonds. The summed E-state index contributed by atoms with van der Waals surface area (Å²) in [6.07, 6.45) is 4.19. The van der Waals surface area contributed by atoms with Gasteiger partial charge in [0.2, 0.25) is 5.89 Å². The van der Waals surface area contributed by atoms with Crippen LogP contribution in [0.1, 0.15) is 58.9 Å². The second-order valence-corrected chi connectivity index (χ2v) is 6.76. The Morgan fingerprint density at radius 3 is 2.71 bits per heavy atom. The van der Waals surface area contributed by atoms with Crippen LogP contribution in [0.2, 0.25) is 0 Å². The summed E-state index contributed by atoms with van der Waals surface area (Å²) >= 11 is 1.50. The number of amides is 1. The molecule has 2 aromatic heterocycles. The summed E-state index contributed by atoms with van der Waals surface area (Å²) in [4.78, 5) is 19.6.